The van der Waals surface area contributed by atoms with Crippen LogP contribution in [0.25, 0.3) is 11.0 Å². The van der Waals surface area contributed by atoms with Crippen LogP contribution in [0.3, 0.4) is 0 Å². The van der Waals surface area contributed by atoms with Gasteiger partial charge in [-0.3, -0.25) is 14.6 Å². The summed E-state index contributed by atoms with van der Waals surface area (Å²) in [6, 6.07) is 4.24. The molecule has 0 spiro atoms. The Morgan fingerprint density at radius 1 is 1.36 bits per heavy atom. The molecule has 1 saturated heterocycles. The number of imidazole rings is 1. The topological polar surface area (TPSA) is 177 Å². The first kappa shape index (κ1) is 17.9. The highest BCUT2D eigenvalue weighted by molar-refractivity contribution is 7.46. The number of nitro benzene ring substituents is 1. The Balaban J connectivity index is 1.89. The fourth-order valence-electron chi connectivity index (χ4n) is 2.66. The number of aliphatic hydroxyl groups excluding tert-OH is 2. The summed E-state index contributed by atoms with van der Waals surface area (Å²) < 4.78 is 21.8. The Bertz CT molecular complexity index is 849. The predicted octanol–water partition coefficient (Wildman–Crippen LogP) is -0.327. The van der Waals surface area contributed by atoms with Gasteiger partial charge in [-0.05, 0) is 6.07 Å². The highest BCUT2D eigenvalue weighted by Crippen LogP contribution is 2.39. The molecule has 4 atom stereocenters. The number of nitro groups is 1. The van der Waals surface area contributed by atoms with Gasteiger partial charge in [0.1, 0.15) is 18.3 Å². The Hall–Kier alpha value is -1.92. The van der Waals surface area contributed by atoms with E-state index in [1.165, 1.54) is 29.1 Å². The monoisotopic (exact) mass is 375 g/mol. The van der Waals surface area contributed by atoms with Crippen molar-refractivity contribution in [2.45, 2.75) is 24.5 Å². The van der Waals surface area contributed by atoms with Crippen LogP contribution in [0, 0.1) is 10.1 Å². The molecule has 2 heterocycles. The SMILES string of the molecule is O=[N+]([O-])c1cccc2c1ncn2[C@@H]1O[C@H](COP(=O)(O)O)[C@@H](O)[C@H]1O. The molecular weight excluding hydrogens is 361 g/mol. The van der Waals surface area contributed by atoms with Crippen LogP contribution in [-0.2, 0) is 13.8 Å². The Labute approximate surface area is 139 Å². The Kier molecular flexibility index (Phi) is 4.60. The average Bonchev–Trinajstić information content (AvgIpc) is 3.07. The van der Waals surface area contributed by atoms with Gasteiger partial charge in [0.15, 0.2) is 11.7 Å². The predicted molar refractivity (Wildman–Crippen MR) is 80.3 cm³/mol. The maximum Gasteiger partial charge on any atom is 0.469 e. The first-order valence-corrected chi connectivity index (χ1v) is 8.53. The van der Waals surface area contributed by atoms with Crippen molar-refractivity contribution < 1.29 is 38.7 Å². The number of rotatable bonds is 5. The van der Waals surface area contributed by atoms with Gasteiger partial charge in [0, 0.05) is 6.07 Å². The van der Waals surface area contributed by atoms with E-state index in [0.717, 1.165) is 0 Å². The van der Waals surface area contributed by atoms with Gasteiger partial charge in [0.2, 0.25) is 0 Å². The molecule has 1 aliphatic rings. The molecule has 4 N–H and O–H groups in total. The third-order valence-corrected chi connectivity index (χ3v) is 4.28. The molecule has 1 aromatic heterocycles. The Morgan fingerprint density at radius 2 is 2.08 bits per heavy atom. The van der Waals surface area contributed by atoms with Crippen LogP contribution < -0.4 is 0 Å². The number of ether oxygens (including phenoxy) is 1. The maximum absolute atomic E-state index is 11.0. The molecule has 12 nitrogen and oxygen atoms in total. The lowest BCUT2D eigenvalue weighted by Crippen LogP contribution is -2.33. The van der Waals surface area contributed by atoms with E-state index >= 15 is 0 Å². The molecule has 1 aliphatic heterocycles. The minimum Gasteiger partial charge on any atom is -0.387 e. The van der Waals surface area contributed by atoms with Crippen LogP contribution in [0.5, 0.6) is 0 Å². The minimum absolute atomic E-state index is 0.0766. The van der Waals surface area contributed by atoms with E-state index in [0.29, 0.717) is 5.52 Å². The molecule has 0 bridgehead atoms. The number of non-ortho nitro benzene ring substituents is 1. The summed E-state index contributed by atoms with van der Waals surface area (Å²) >= 11 is 0. The summed E-state index contributed by atoms with van der Waals surface area (Å²) in [5.74, 6) is 0. The number of hydrogen-bond donors (Lipinski definition) is 4. The largest absolute Gasteiger partial charge is 0.469 e. The minimum atomic E-state index is -4.77. The summed E-state index contributed by atoms with van der Waals surface area (Å²) in [5, 5.41) is 31.2. The molecule has 0 amide bonds. The van der Waals surface area contributed by atoms with Gasteiger partial charge in [-0.25, -0.2) is 9.55 Å². The molecule has 1 fully saturated rings. The van der Waals surface area contributed by atoms with E-state index in [1.807, 2.05) is 0 Å². The van der Waals surface area contributed by atoms with E-state index in [-0.39, 0.29) is 11.2 Å². The van der Waals surface area contributed by atoms with Crippen molar-refractivity contribution >= 4 is 24.5 Å². The van der Waals surface area contributed by atoms with Crippen LogP contribution >= 0.6 is 7.82 Å². The van der Waals surface area contributed by atoms with Gasteiger partial charge in [-0.15, -0.1) is 0 Å². The summed E-state index contributed by atoms with van der Waals surface area (Å²) in [4.78, 5) is 31.8. The lowest BCUT2D eigenvalue weighted by atomic mass is 10.1. The van der Waals surface area contributed by atoms with Crippen LogP contribution in [0.15, 0.2) is 24.5 Å². The second-order valence-corrected chi connectivity index (χ2v) is 6.63. The summed E-state index contributed by atoms with van der Waals surface area (Å²) in [5.41, 5.74) is 0.139. The lowest BCUT2D eigenvalue weighted by molar-refractivity contribution is -0.383. The summed E-state index contributed by atoms with van der Waals surface area (Å²) in [6.07, 6.45) is -4.09. The zero-order valence-corrected chi connectivity index (χ0v) is 13.3. The van der Waals surface area contributed by atoms with E-state index in [4.69, 9.17) is 14.5 Å². The van der Waals surface area contributed by atoms with Gasteiger partial charge >= 0.3 is 7.82 Å². The lowest BCUT2D eigenvalue weighted by Gasteiger charge is -2.17. The molecule has 0 aliphatic carbocycles. The van der Waals surface area contributed by atoms with Gasteiger partial charge in [0.05, 0.1) is 23.4 Å². The average molecular weight is 375 g/mol. The number of nitrogens with zero attached hydrogens (tertiary/aromatic N) is 3. The second-order valence-electron chi connectivity index (χ2n) is 5.39. The number of aliphatic hydroxyl groups is 2. The van der Waals surface area contributed by atoms with Gasteiger partial charge in [-0.1, -0.05) is 6.07 Å². The second kappa shape index (κ2) is 6.42. The first-order chi connectivity index (χ1) is 11.7. The molecule has 0 unspecified atom stereocenters. The number of para-hydroxylation sites is 1. The number of phosphoric ester groups is 1. The molecule has 0 saturated carbocycles. The number of fused-ring (bicyclic) bond motifs is 1. The maximum atomic E-state index is 11.0. The summed E-state index contributed by atoms with van der Waals surface area (Å²) in [6.45, 7) is -0.647. The molecule has 2 aromatic rings. The van der Waals surface area contributed by atoms with Crippen LogP contribution in [-0.4, -0.2) is 59.4 Å². The zero-order valence-electron chi connectivity index (χ0n) is 12.4. The fraction of sp³-hybridized carbons (Fsp3) is 0.417. The first-order valence-electron chi connectivity index (χ1n) is 7.00. The number of benzene rings is 1. The van der Waals surface area contributed by atoms with Gasteiger partial charge in [-0.2, -0.15) is 0 Å². The van der Waals surface area contributed by atoms with Crippen molar-refractivity contribution in [3.63, 3.8) is 0 Å². The van der Waals surface area contributed by atoms with E-state index < -0.39 is 43.9 Å². The third-order valence-electron chi connectivity index (χ3n) is 3.80. The van der Waals surface area contributed by atoms with Gasteiger partial charge < -0.3 is 29.3 Å². The van der Waals surface area contributed by atoms with E-state index in [2.05, 4.69) is 9.51 Å². The normalized spacial score (nSPS) is 27.0. The van der Waals surface area contributed by atoms with E-state index in [9.17, 15) is 24.9 Å². The zero-order chi connectivity index (χ0) is 18.4. The number of phosphoric acid groups is 1. The van der Waals surface area contributed by atoms with E-state index in [1.54, 1.807) is 0 Å². The van der Waals surface area contributed by atoms with Crippen LogP contribution in [0.1, 0.15) is 6.23 Å². The highest BCUT2D eigenvalue weighted by atomic mass is 31.2. The van der Waals surface area contributed by atoms with Crippen molar-refractivity contribution in [1.82, 2.24) is 9.55 Å². The molecule has 1 aromatic carbocycles. The molecule has 13 heteroatoms. The number of aromatic nitrogens is 2. The smallest absolute Gasteiger partial charge is 0.387 e. The van der Waals surface area contributed by atoms with Gasteiger partial charge in [0.25, 0.3) is 5.69 Å². The number of hydrogen-bond acceptors (Lipinski definition) is 8. The molecule has 136 valence electrons. The third kappa shape index (κ3) is 3.41. The molecular formula is C12H14N3O9P. The van der Waals surface area contributed by atoms with Crippen molar-refractivity contribution in [2.24, 2.45) is 0 Å². The van der Waals surface area contributed by atoms with Crippen LogP contribution in [0.2, 0.25) is 0 Å². The molecule has 25 heavy (non-hydrogen) atoms. The fourth-order valence-corrected chi connectivity index (χ4v) is 3.00. The molecule has 3 rings (SSSR count). The quantitative estimate of drug-likeness (QED) is 0.307. The Morgan fingerprint density at radius 3 is 2.72 bits per heavy atom. The van der Waals surface area contributed by atoms with Crippen molar-refractivity contribution in [3.8, 4) is 0 Å². The molecule has 0 radical (unpaired) electrons. The highest BCUT2D eigenvalue weighted by Gasteiger charge is 2.45. The standard InChI is InChI=1S/C12H14N3O9P/c16-10-8(4-23-25(20,21)22)24-12(11(10)17)14-5-13-9-6(14)2-1-3-7(9)15(18)19/h1-3,5,8,10-12,16-17H,4H2,(H2,20,21,22)/t8-,10-,11-,12-/m1/s1. The van der Waals surface area contributed by atoms with Crippen molar-refractivity contribution in [3.05, 3.63) is 34.6 Å². The van der Waals surface area contributed by atoms with Crippen LogP contribution in [0.4, 0.5) is 5.69 Å². The van der Waals surface area contributed by atoms with Crippen molar-refractivity contribution in [2.75, 3.05) is 6.61 Å². The summed E-state index contributed by atoms with van der Waals surface area (Å²) in [7, 11) is -4.77. The van der Waals surface area contributed by atoms with Crippen molar-refractivity contribution in [1.29, 1.82) is 0 Å².